The molecule has 1 rings (SSSR count). The van der Waals surface area contributed by atoms with Gasteiger partial charge < -0.3 is 0 Å². The second-order valence-corrected chi connectivity index (χ2v) is 12.2. The fourth-order valence-electron chi connectivity index (χ4n) is 1.44. The van der Waals surface area contributed by atoms with E-state index in [0.29, 0.717) is 4.45 Å². The van der Waals surface area contributed by atoms with Gasteiger partial charge in [0.25, 0.3) is 0 Å². The molecule has 0 radical (unpaired) electrons. The highest BCUT2D eigenvalue weighted by Crippen LogP contribution is 2.29. The number of hydrogen-bond acceptors (Lipinski definition) is 0. The number of rotatable bonds is 3. The molecule has 0 saturated heterocycles. The molecule has 1 aromatic carbocycles. The molecule has 1 atom stereocenters. The molecule has 0 aromatic heterocycles. The maximum Gasteiger partial charge on any atom is 0.0651 e. The van der Waals surface area contributed by atoms with Crippen molar-refractivity contribution in [2.45, 2.75) is 31.0 Å². The summed E-state index contributed by atoms with van der Waals surface area (Å²) in [6.45, 7) is 13.4. The summed E-state index contributed by atoms with van der Waals surface area (Å²) >= 11 is 3.78. The van der Waals surface area contributed by atoms with Crippen molar-refractivity contribution in [3.05, 3.63) is 42.0 Å². The van der Waals surface area contributed by atoms with Crippen LogP contribution in [0.3, 0.4) is 0 Å². The number of alkyl halides is 1. The van der Waals surface area contributed by atoms with Crippen LogP contribution in [-0.4, -0.2) is 12.5 Å². The van der Waals surface area contributed by atoms with Crippen molar-refractivity contribution in [1.82, 2.24) is 0 Å². The summed E-state index contributed by atoms with van der Waals surface area (Å²) in [4.78, 5) is 0. The second kappa shape index (κ2) is 4.66. The topological polar surface area (TPSA) is 0 Å². The van der Waals surface area contributed by atoms with Crippen molar-refractivity contribution >= 4 is 29.6 Å². The Kier molecular flexibility index (Phi) is 3.96. The normalized spacial score (nSPS) is 13.7. The first-order chi connectivity index (χ1) is 6.82. The number of halogens is 1. The summed E-state index contributed by atoms with van der Waals surface area (Å²) in [5.41, 5.74) is 3.77. The Bertz CT molecular complexity index is 346. The van der Waals surface area contributed by atoms with Gasteiger partial charge >= 0.3 is 0 Å². The third kappa shape index (κ3) is 3.32. The van der Waals surface area contributed by atoms with Gasteiger partial charge in [0.1, 0.15) is 0 Å². The van der Waals surface area contributed by atoms with Gasteiger partial charge in [-0.2, -0.15) is 0 Å². The van der Waals surface area contributed by atoms with Gasteiger partial charge in [-0.3, -0.25) is 0 Å². The predicted molar refractivity (Wildman–Crippen MR) is 76.3 cm³/mol. The smallest absolute Gasteiger partial charge is 0.0651 e. The SMILES string of the molecule is C=C(c1ccc(C)cc1)C(Br)[Si](C)(C)C. The van der Waals surface area contributed by atoms with Crippen molar-refractivity contribution in [3.63, 3.8) is 0 Å². The van der Waals surface area contributed by atoms with Gasteiger partial charge in [0.15, 0.2) is 0 Å². The molecule has 0 heterocycles. The molecule has 0 aliphatic carbocycles. The van der Waals surface area contributed by atoms with Gasteiger partial charge in [-0.05, 0) is 18.1 Å². The van der Waals surface area contributed by atoms with Crippen LogP contribution in [0.4, 0.5) is 0 Å². The molecule has 82 valence electrons. The first-order valence-corrected chi connectivity index (χ1v) is 9.71. The van der Waals surface area contributed by atoms with Crippen LogP contribution in [0.2, 0.25) is 19.6 Å². The Morgan fingerprint density at radius 2 is 1.67 bits per heavy atom. The number of allylic oxidation sites excluding steroid dienone is 1. The highest BCUT2D eigenvalue weighted by molar-refractivity contribution is 9.10. The van der Waals surface area contributed by atoms with E-state index in [-0.39, 0.29) is 0 Å². The van der Waals surface area contributed by atoms with Crippen LogP contribution in [0.5, 0.6) is 0 Å². The minimum absolute atomic E-state index is 0.452. The molecule has 0 spiro atoms. The Labute approximate surface area is 103 Å². The van der Waals surface area contributed by atoms with Gasteiger partial charge in [-0.25, -0.2) is 0 Å². The second-order valence-electron chi connectivity index (χ2n) is 5.12. The summed E-state index contributed by atoms with van der Waals surface area (Å²) < 4.78 is 0.452. The maximum absolute atomic E-state index is 4.21. The highest BCUT2D eigenvalue weighted by atomic mass is 79.9. The van der Waals surface area contributed by atoms with Crippen LogP contribution in [0, 0.1) is 6.92 Å². The lowest BCUT2D eigenvalue weighted by molar-refractivity contribution is 1.42. The number of aryl methyl sites for hydroxylation is 1. The Balaban J connectivity index is 2.90. The van der Waals surface area contributed by atoms with E-state index in [1.807, 2.05) is 0 Å². The third-order valence-corrected chi connectivity index (χ3v) is 9.03. The molecule has 0 aliphatic heterocycles. The Morgan fingerprint density at radius 3 is 2.07 bits per heavy atom. The molecule has 15 heavy (non-hydrogen) atoms. The van der Waals surface area contributed by atoms with Crippen LogP contribution in [-0.2, 0) is 0 Å². The van der Waals surface area contributed by atoms with Crippen LogP contribution < -0.4 is 0 Å². The van der Waals surface area contributed by atoms with Gasteiger partial charge in [0.2, 0.25) is 0 Å². The Hall–Kier alpha value is -0.343. The lowest BCUT2D eigenvalue weighted by Crippen LogP contribution is -2.34. The number of benzene rings is 1. The molecule has 0 nitrogen and oxygen atoms in total. The molecule has 0 saturated carbocycles. The molecule has 0 N–H and O–H groups in total. The van der Waals surface area contributed by atoms with Gasteiger partial charge in [0.05, 0.1) is 8.07 Å². The molecule has 0 aliphatic rings. The quantitative estimate of drug-likeness (QED) is 0.559. The zero-order valence-electron chi connectivity index (χ0n) is 9.97. The fraction of sp³-hybridized carbons (Fsp3) is 0.385. The average molecular weight is 283 g/mol. The fourth-order valence-corrected chi connectivity index (χ4v) is 2.91. The molecular formula is C13H19BrSi. The van der Waals surface area contributed by atoms with E-state index in [2.05, 4.69) is 73.3 Å². The van der Waals surface area contributed by atoms with E-state index in [4.69, 9.17) is 0 Å². The zero-order chi connectivity index (χ0) is 11.6. The molecule has 0 amide bonds. The molecular weight excluding hydrogens is 264 g/mol. The van der Waals surface area contributed by atoms with Crippen LogP contribution in [0.15, 0.2) is 30.8 Å². The summed E-state index contributed by atoms with van der Waals surface area (Å²) in [5, 5.41) is 0. The third-order valence-electron chi connectivity index (χ3n) is 2.49. The van der Waals surface area contributed by atoms with Gasteiger partial charge in [-0.15, -0.1) is 0 Å². The summed E-state index contributed by atoms with van der Waals surface area (Å²) in [6, 6.07) is 8.60. The minimum Gasteiger partial charge on any atom is -0.0944 e. The van der Waals surface area contributed by atoms with Crippen molar-refractivity contribution in [1.29, 1.82) is 0 Å². The van der Waals surface area contributed by atoms with Crippen molar-refractivity contribution in [2.24, 2.45) is 0 Å². The van der Waals surface area contributed by atoms with E-state index in [1.54, 1.807) is 0 Å². The van der Waals surface area contributed by atoms with Crippen LogP contribution in [0.25, 0.3) is 5.57 Å². The van der Waals surface area contributed by atoms with E-state index < -0.39 is 8.07 Å². The standard InChI is InChI=1S/C13H19BrSi/c1-10-6-8-12(9-7-10)11(2)13(14)15(3,4)5/h6-9,13H,2H2,1,3-5H3. The summed E-state index contributed by atoms with van der Waals surface area (Å²) in [7, 11) is -1.20. The van der Waals surface area contributed by atoms with Crippen LogP contribution >= 0.6 is 15.9 Å². The van der Waals surface area contributed by atoms with E-state index >= 15 is 0 Å². The predicted octanol–water partition coefficient (Wildman–Crippen LogP) is 4.65. The lowest BCUT2D eigenvalue weighted by atomic mass is 10.1. The molecule has 2 heteroatoms. The molecule has 1 aromatic rings. The lowest BCUT2D eigenvalue weighted by Gasteiger charge is -2.25. The molecule has 1 unspecified atom stereocenters. The first-order valence-electron chi connectivity index (χ1n) is 5.22. The zero-order valence-corrected chi connectivity index (χ0v) is 12.6. The van der Waals surface area contributed by atoms with Gasteiger partial charge in [-0.1, -0.05) is 72.0 Å². The number of hydrogen-bond donors (Lipinski definition) is 0. The Morgan fingerprint density at radius 1 is 1.20 bits per heavy atom. The van der Waals surface area contributed by atoms with E-state index in [0.717, 1.165) is 0 Å². The van der Waals surface area contributed by atoms with Crippen molar-refractivity contribution in [2.75, 3.05) is 0 Å². The highest BCUT2D eigenvalue weighted by Gasteiger charge is 2.26. The molecule has 0 bridgehead atoms. The average Bonchev–Trinajstić information content (AvgIpc) is 2.15. The monoisotopic (exact) mass is 282 g/mol. The van der Waals surface area contributed by atoms with Crippen molar-refractivity contribution in [3.8, 4) is 0 Å². The molecule has 0 fully saturated rings. The maximum atomic E-state index is 4.21. The summed E-state index contributed by atoms with van der Waals surface area (Å²) in [6.07, 6.45) is 0. The van der Waals surface area contributed by atoms with E-state index in [9.17, 15) is 0 Å². The first kappa shape index (κ1) is 12.7. The van der Waals surface area contributed by atoms with E-state index in [1.165, 1.54) is 16.7 Å². The largest absolute Gasteiger partial charge is 0.0944 e. The minimum atomic E-state index is -1.20. The summed E-state index contributed by atoms with van der Waals surface area (Å²) in [5.74, 6) is 0. The van der Waals surface area contributed by atoms with Crippen molar-refractivity contribution < 1.29 is 0 Å². The van der Waals surface area contributed by atoms with Gasteiger partial charge in [0, 0.05) is 4.45 Å². The van der Waals surface area contributed by atoms with Crippen LogP contribution in [0.1, 0.15) is 11.1 Å².